The average Bonchev–Trinajstić information content (AvgIpc) is 2.96. The van der Waals surface area contributed by atoms with Gasteiger partial charge in [0.2, 0.25) is 5.78 Å². The van der Waals surface area contributed by atoms with Crippen molar-refractivity contribution in [3.8, 4) is 0 Å². The first kappa shape index (κ1) is 16.2. The SMILES string of the molecule is CC.CC.O=C(C1=CNCN1)c1cccc(F)c1. The van der Waals surface area contributed by atoms with Crippen molar-refractivity contribution in [2.24, 2.45) is 0 Å². The molecular formula is C14H21FN2O. The lowest BCUT2D eigenvalue weighted by Crippen LogP contribution is -2.19. The molecule has 0 bridgehead atoms. The van der Waals surface area contributed by atoms with Crippen LogP contribution in [0.25, 0.3) is 0 Å². The second-order valence-electron chi connectivity index (χ2n) is 2.96. The molecule has 2 N–H and O–H groups in total. The summed E-state index contributed by atoms with van der Waals surface area (Å²) in [6.07, 6.45) is 1.59. The van der Waals surface area contributed by atoms with Crippen LogP contribution in [0.15, 0.2) is 36.2 Å². The minimum absolute atomic E-state index is 0.200. The van der Waals surface area contributed by atoms with Crippen molar-refractivity contribution in [3.63, 3.8) is 0 Å². The third kappa shape index (κ3) is 4.57. The number of hydrogen-bond donors (Lipinski definition) is 2. The Morgan fingerprint density at radius 2 is 1.89 bits per heavy atom. The largest absolute Gasteiger partial charge is 0.372 e. The van der Waals surface area contributed by atoms with Crippen molar-refractivity contribution in [2.75, 3.05) is 6.67 Å². The van der Waals surface area contributed by atoms with Gasteiger partial charge in [-0.25, -0.2) is 4.39 Å². The zero-order valence-corrected chi connectivity index (χ0v) is 11.4. The van der Waals surface area contributed by atoms with Crippen LogP contribution in [-0.4, -0.2) is 12.5 Å². The summed E-state index contributed by atoms with van der Waals surface area (Å²) in [5, 5.41) is 5.70. The van der Waals surface area contributed by atoms with Crippen molar-refractivity contribution < 1.29 is 9.18 Å². The van der Waals surface area contributed by atoms with Gasteiger partial charge in [0.15, 0.2) is 0 Å². The summed E-state index contributed by atoms with van der Waals surface area (Å²) in [6.45, 7) is 8.54. The lowest BCUT2D eigenvalue weighted by atomic mass is 10.1. The maximum atomic E-state index is 12.8. The van der Waals surface area contributed by atoms with E-state index in [1.54, 1.807) is 12.3 Å². The Balaban J connectivity index is 0.000000659. The first-order valence-corrected chi connectivity index (χ1v) is 6.25. The third-order valence-corrected chi connectivity index (χ3v) is 1.96. The minimum Gasteiger partial charge on any atom is -0.372 e. The monoisotopic (exact) mass is 252 g/mol. The van der Waals surface area contributed by atoms with E-state index in [4.69, 9.17) is 0 Å². The minimum atomic E-state index is -0.401. The number of nitrogens with one attached hydrogen (secondary N) is 2. The second-order valence-corrected chi connectivity index (χ2v) is 2.96. The normalized spacial score (nSPS) is 11.7. The average molecular weight is 252 g/mol. The second kappa shape index (κ2) is 9.22. The summed E-state index contributed by atoms with van der Waals surface area (Å²) in [7, 11) is 0. The smallest absolute Gasteiger partial charge is 0.210 e. The lowest BCUT2D eigenvalue weighted by Gasteiger charge is -2.01. The molecule has 18 heavy (non-hydrogen) atoms. The molecule has 100 valence electrons. The van der Waals surface area contributed by atoms with Gasteiger partial charge in [0, 0.05) is 11.8 Å². The van der Waals surface area contributed by atoms with Gasteiger partial charge in [0.05, 0.1) is 6.67 Å². The number of allylic oxidation sites excluding steroid dienone is 1. The zero-order valence-electron chi connectivity index (χ0n) is 11.4. The Labute approximate surface area is 108 Å². The number of carbonyl (C=O) groups excluding carboxylic acids is 1. The molecule has 0 atom stereocenters. The summed E-state index contributed by atoms with van der Waals surface area (Å²) >= 11 is 0. The van der Waals surface area contributed by atoms with E-state index in [1.165, 1.54) is 18.2 Å². The molecule has 0 aliphatic carbocycles. The Kier molecular flexibility index (Phi) is 8.27. The first-order chi connectivity index (χ1) is 8.77. The van der Waals surface area contributed by atoms with Crippen LogP contribution in [-0.2, 0) is 0 Å². The molecule has 0 spiro atoms. The van der Waals surface area contributed by atoms with Crippen molar-refractivity contribution in [3.05, 3.63) is 47.5 Å². The van der Waals surface area contributed by atoms with Gasteiger partial charge in [0.25, 0.3) is 0 Å². The highest BCUT2D eigenvalue weighted by Crippen LogP contribution is 2.09. The van der Waals surface area contributed by atoms with Crippen LogP contribution in [0.3, 0.4) is 0 Å². The molecule has 1 aromatic carbocycles. The number of carbonyl (C=O) groups is 1. The van der Waals surface area contributed by atoms with Crippen LogP contribution in [0.1, 0.15) is 38.1 Å². The highest BCUT2D eigenvalue weighted by molar-refractivity contribution is 6.08. The molecule has 4 heteroatoms. The summed E-state index contributed by atoms with van der Waals surface area (Å²) < 4.78 is 12.8. The summed E-state index contributed by atoms with van der Waals surface area (Å²) in [4.78, 5) is 11.7. The molecule has 0 fully saturated rings. The van der Waals surface area contributed by atoms with Gasteiger partial charge in [-0.3, -0.25) is 4.79 Å². The molecule has 0 radical (unpaired) electrons. The maximum absolute atomic E-state index is 12.8. The predicted octanol–water partition coefficient (Wildman–Crippen LogP) is 3.05. The molecular weight excluding hydrogens is 231 g/mol. The molecule has 0 unspecified atom stereocenters. The molecule has 3 nitrogen and oxygen atoms in total. The fourth-order valence-corrected chi connectivity index (χ4v) is 1.28. The predicted molar refractivity (Wildman–Crippen MR) is 72.6 cm³/mol. The Morgan fingerprint density at radius 1 is 1.22 bits per heavy atom. The molecule has 0 saturated carbocycles. The molecule has 1 aromatic rings. The van der Waals surface area contributed by atoms with Crippen LogP contribution < -0.4 is 10.6 Å². The number of benzene rings is 1. The first-order valence-electron chi connectivity index (χ1n) is 6.25. The zero-order chi connectivity index (χ0) is 14.0. The van der Waals surface area contributed by atoms with Crippen LogP contribution in [0.2, 0.25) is 0 Å². The molecule has 0 saturated heterocycles. The number of hydrogen-bond acceptors (Lipinski definition) is 3. The van der Waals surface area contributed by atoms with E-state index in [1.807, 2.05) is 27.7 Å². The fraction of sp³-hybridized carbons (Fsp3) is 0.357. The Hall–Kier alpha value is -1.84. The molecule has 1 aliphatic heterocycles. The van der Waals surface area contributed by atoms with Crippen LogP contribution in [0.5, 0.6) is 0 Å². The third-order valence-electron chi connectivity index (χ3n) is 1.96. The quantitative estimate of drug-likeness (QED) is 0.795. The van der Waals surface area contributed by atoms with E-state index in [9.17, 15) is 9.18 Å². The Bertz CT molecular complexity index is 403. The van der Waals surface area contributed by atoms with Gasteiger partial charge in [0.1, 0.15) is 11.5 Å². The molecule has 2 rings (SSSR count). The Morgan fingerprint density at radius 3 is 2.39 bits per heavy atom. The van der Waals surface area contributed by atoms with E-state index in [0.717, 1.165) is 0 Å². The van der Waals surface area contributed by atoms with Crippen molar-refractivity contribution in [2.45, 2.75) is 27.7 Å². The van der Waals surface area contributed by atoms with Gasteiger partial charge in [-0.15, -0.1) is 0 Å². The van der Waals surface area contributed by atoms with E-state index >= 15 is 0 Å². The van der Waals surface area contributed by atoms with Gasteiger partial charge < -0.3 is 10.6 Å². The molecule has 1 heterocycles. The van der Waals surface area contributed by atoms with Gasteiger partial charge in [-0.05, 0) is 12.1 Å². The van der Waals surface area contributed by atoms with Crippen LogP contribution >= 0.6 is 0 Å². The van der Waals surface area contributed by atoms with Crippen molar-refractivity contribution >= 4 is 5.78 Å². The van der Waals surface area contributed by atoms with Gasteiger partial charge >= 0.3 is 0 Å². The van der Waals surface area contributed by atoms with Gasteiger partial charge in [-0.2, -0.15) is 0 Å². The summed E-state index contributed by atoms with van der Waals surface area (Å²) in [5.41, 5.74) is 0.822. The van der Waals surface area contributed by atoms with E-state index in [0.29, 0.717) is 17.9 Å². The van der Waals surface area contributed by atoms with Gasteiger partial charge in [-0.1, -0.05) is 39.8 Å². The number of halogens is 1. The number of ketones is 1. The highest BCUT2D eigenvalue weighted by Gasteiger charge is 2.14. The van der Waals surface area contributed by atoms with Crippen molar-refractivity contribution in [1.29, 1.82) is 0 Å². The summed E-state index contributed by atoms with van der Waals surface area (Å²) in [6, 6.07) is 5.65. The molecule has 1 aliphatic rings. The fourth-order valence-electron chi connectivity index (χ4n) is 1.28. The van der Waals surface area contributed by atoms with Crippen LogP contribution in [0.4, 0.5) is 4.39 Å². The molecule has 0 amide bonds. The van der Waals surface area contributed by atoms with E-state index < -0.39 is 5.82 Å². The molecule has 0 aromatic heterocycles. The lowest BCUT2D eigenvalue weighted by molar-refractivity contribution is 0.102. The van der Waals surface area contributed by atoms with Crippen molar-refractivity contribution in [1.82, 2.24) is 10.6 Å². The maximum Gasteiger partial charge on any atom is 0.210 e. The highest BCUT2D eigenvalue weighted by atomic mass is 19.1. The van der Waals surface area contributed by atoms with Crippen LogP contribution in [0, 0.1) is 5.82 Å². The topological polar surface area (TPSA) is 41.1 Å². The standard InChI is InChI=1S/C10H9FN2O.2C2H6/c11-8-3-1-2-7(4-8)10(14)9-5-12-6-13-9;2*1-2/h1-5,12-13H,6H2;2*1-2H3. The summed E-state index contributed by atoms with van der Waals surface area (Å²) in [5.74, 6) is -0.600. The van der Waals surface area contributed by atoms with E-state index in [-0.39, 0.29) is 5.78 Å². The van der Waals surface area contributed by atoms with E-state index in [2.05, 4.69) is 10.6 Å². The number of rotatable bonds is 2. The number of Topliss-reactive ketones (excluding diaryl/α,β-unsaturated/α-hetero) is 1.